The highest BCUT2D eigenvalue weighted by molar-refractivity contribution is 5.94. The summed E-state index contributed by atoms with van der Waals surface area (Å²) in [6.45, 7) is 2.56. The van der Waals surface area contributed by atoms with Crippen LogP contribution in [0.3, 0.4) is 0 Å². The Labute approximate surface area is 172 Å². The van der Waals surface area contributed by atoms with Gasteiger partial charge in [-0.1, -0.05) is 0 Å². The maximum absolute atomic E-state index is 12.8. The van der Waals surface area contributed by atoms with E-state index >= 15 is 0 Å². The van der Waals surface area contributed by atoms with Crippen molar-refractivity contribution in [1.29, 1.82) is 0 Å². The first-order valence-electron chi connectivity index (χ1n) is 10.6. The maximum Gasteiger partial charge on any atom is 0.254 e. The number of aliphatic hydroxyl groups excluding tert-OH is 1. The molecular weight excluding hydrogens is 372 g/mol. The fourth-order valence-electron chi connectivity index (χ4n) is 4.06. The number of likely N-dealkylation sites (tertiary alicyclic amines) is 2. The van der Waals surface area contributed by atoms with E-state index in [4.69, 9.17) is 9.47 Å². The van der Waals surface area contributed by atoms with Crippen LogP contribution in [0.4, 0.5) is 0 Å². The van der Waals surface area contributed by atoms with E-state index in [1.54, 1.807) is 24.1 Å². The summed E-state index contributed by atoms with van der Waals surface area (Å²) >= 11 is 0. The van der Waals surface area contributed by atoms with Crippen LogP contribution >= 0.6 is 0 Å². The third-order valence-corrected chi connectivity index (χ3v) is 5.82. The molecule has 2 aliphatic heterocycles. The van der Waals surface area contributed by atoms with Gasteiger partial charge >= 0.3 is 0 Å². The molecule has 29 heavy (non-hydrogen) atoms. The fourth-order valence-corrected chi connectivity index (χ4v) is 4.06. The monoisotopic (exact) mass is 404 g/mol. The molecule has 0 bridgehead atoms. The number of benzene rings is 1. The minimum absolute atomic E-state index is 0.0135. The lowest BCUT2D eigenvalue weighted by atomic mass is 10.0. The molecule has 2 fully saturated rings. The first-order valence-corrected chi connectivity index (χ1v) is 10.6. The molecule has 1 N–H and O–H groups in total. The molecule has 0 aromatic heterocycles. The molecule has 0 spiro atoms. The number of aliphatic hydroxyl groups is 1. The smallest absolute Gasteiger partial charge is 0.254 e. The van der Waals surface area contributed by atoms with Gasteiger partial charge in [-0.25, -0.2) is 0 Å². The van der Waals surface area contributed by atoms with Crippen molar-refractivity contribution in [3.05, 3.63) is 29.8 Å². The molecule has 160 valence electrons. The molecule has 0 aliphatic carbocycles. The van der Waals surface area contributed by atoms with Crippen LogP contribution in [0.15, 0.2) is 24.3 Å². The van der Waals surface area contributed by atoms with Gasteiger partial charge in [0.1, 0.15) is 11.9 Å². The Morgan fingerprint density at radius 3 is 2.45 bits per heavy atom. The van der Waals surface area contributed by atoms with Gasteiger partial charge < -0.3 is 24.4 Å². The summed E-state index contributed by atoms with van der Waals surface area (Å²) in [5, 5.41) is 9.53. The molecule has 2 saturated heterocycles. The van der Waals surface area contributed by atoms with Crippen LogP contribution in [0.25, 0.3) is 0 Å². The zero-order chi connectivity index (χ0) is 20.6. The van der Waals surface area contributed by atoms with Crippen molar-refractivity contribution >= 4 is 11.8 Å². The van der Waals surface area contributed by atoms with E-state index in [1.807, 2.05) is 17.0 Å². The third-order valence-electron chi connectivity index (χ3n) is 5.82. The summed E-state index contributed by atoms with van der Waals surface area (Å²) in [6.07, 6.45) is 4.98. The second-order valence-corrected chi connectivity index (χ2v) is 7.80. The number of carbonyl (C=O) groups is 2. The lowest BCUT2D eigenvalue weighted by Gasteiger charge is -2.34. The molecule has 2 amide bonds. The molecule has 7 heteroatoms. The molecule has 2 aliphatic rings. The summed E-state index contributed by atoms with van der Waals surface area (Å²) in [6, 6.07) is 7.18. The van der Waals surface area contributed by atoms with Gasteiger partial charge in [-0.15, -0.1) is 0 Å². The highest BCUT2D eigenvalue weighted by atomic mass is 16.5. The van der Waals surface area contributed by atoms with Crippen molar-refractivity contribution in [2.45, 2.75) is 50.7 Å². The Morgan fingerprint density at radius 1 is 1.07 bits per heavy atom. The summed E-state index contributed by atoms with van der Waals surface area (Å²) in [5.41, 5.74) is 0.622. The summed E-state index contributed by atoms with van der Waals surface area (Å²) in [7, 11) is 1.60. The molecule has 1 aromatic carbocycles. The number of ether oxygens (including phenoxy) is 2. The quantitative estimate of drug-likeness (QED) is 0.753. The average Bonchev–Trinajstić information content (AvgIpc) is 2.78. The van der Waals surface area contributed by atoms with Gasteiger partial charge in [0.2, 0.25) is 5.91 Å². The van der Waals surface area contributed by atoms with E-state index in [9.17, 15) is 14.7 Å². The van der Waals surface area contributed by atoms with Crippen LogP contribution in [0.2, 0.25) is 0 Å². The van der Waals surface area contributed by atoms with Crippen molar-refractivity contribution in [2.75, 3.05) is 40.0 Å². The number of piperidine rings is 2. The van der Waals surface area contributed by atoms with Crippen LogP contribution in [-0.4, -0.2) is 78.8 Å². The number of amides is 2. The predicted octanol–water partition coefficient (Wildman–Crippen LogP) is 2.08. The maximum atomic E-state index is 12.8. The molecule has 7 nitrogen and oxygen atoms in total. The van der Waals surface area contributed by atoms with Crippen LogP contribution in [-0.2, 0) is 9.53 Å². The summed E-state index contributed by atoms with van der Waals surface area (Å²) < 4.78 is 11.0. The largest absolute Gasteiger partial charge is 0.490 e. The van der Waals surface area contributed by atoms with E-state index in [-0.39, 0.29) is 30.6 Å². The lowest BCUT2D eigenvalue weighted by molar-refractivity contribution is -0.133. The van der Waals surface area contributed by atoms with E-state index in [1.165, 1.54) is 0 Å². The molecule has 3 rings (SSSR count). The van der Waals surface area contributed by atoms with Gasteiger partial charge in [-0.05, 0) is 43.5 Å². The molecule has 0 radical (unpaired) electrons. The second kappa shape index (κ2) is 10.6. The average molecular weight is 405 g/mol. The minimum Gasteiger partial charge on any atom is -0.490 e. The van der Waals surface area contributed by atoms with Gasteiger partial charge in [0.05, 0.1) is 25.7 Å². The van der Waals surface area contributed by atoms with Gasteiger partial charge in [0.25, 0.3) is 5.91 Å². The minimum atomic E-state index is -0.0797. The Bertz CT molecular complexity index is 670. The van der Waals surface area contributed by atoms with Gasteiger partial charge in [0, 0.05) is 45.1 Å². The number of rotatable bonds is 7. The van der Waals surface area contributed by atoms with Gasteiger partial charge in [-0.2, -0.15) is 0 Å². The fraction of sp³-hybridized carbons (Fsp3) is 0.636. The standard InChI is InChI=1S/C22H32N2O5/c1-28-15-11-21(26)23-13-9-20(10-14-23)29-19-7-5-17(6-8-19)22(27)24-12-3-2-4-18(24)16-25/h5-8,18,20,25H,2-4,9-16H2,1H3/t18-/m1/s1. The zero-order valence-corrected chi connectivity index (χ0v) is 17.2. The Balaban J connectivity index is 1.50. The molecule has 2 heterocycles. The van der Waals surface area contributed by atoms with Crippen molar-refractivity contribution in [3.63, 3.8) is 0 Å². The Morgan fingerprint density at radius 2 is 1.79 bits per heavy atom. The van der Waals surface area contributed by atoms with Gasteiger partial charge in [0.15, 0.2) is 0 Å². The normalized spacial score (nSPS) is 20.6. The van der Waals surface area contributed by atoms with Crippen LogP contribution in [0, 0.1) is 0 Å². The molecular formula is C22H32N2O5. The zero-order valence-electron chi connectivity index (χ0n) is 17.2. The third kappa shape index (κ3) is 5.70. The number of methoxy groups -OCH3 is 1. The Kier molecular flexibility index (Phi) is 7.89. The number of hydrogen-bond acceptors (Lipinski definition) is 5. The first kappa shape index (κ1) is 21.6. The van der Waals surface area contributed by atoms with E-state index in [2.05, 4.69) is 0 Å². The molecule has 1 atom stereocenters. The summed E-state index contributed by atoms with van der Waals surface area (Å²) in [4.78, 5) is 28.5. The number of hydrogen-bond donors (Lipinski definition) is 1. The van der Waals surface area contributed by atoms with Crippen LogP contribution < -0.4 is 4.74 Å². The number of carbonyl (C=O) groups excluding carboxylic acids is 2. The van der Waals surface area contributed by atoms with Crippen molar-refractivity contribution in [3.8, 4) is 5.75 Å². The van der Waals surface area contributed by atoms with Crippen LogP contribution in [0.5, 0.6) is 5.75 Å². The van der Waals surface area contributed by atoms with Crippen molar-refractivity contribution in [1.82, 2.24) is 9.80 Å². The van der Waals surface area contributed by atoms with Crippen LogP contribution in [0.1, 0.15) is 48.9 Å². The SMILES string of the molecule is COCCC(=O)N1CCC(Oc2ccc(C(=O)N3CCCC[C@@H]3CO)cc2)CC1. The van der Waals surface area contributed by atoms with Crippen molar-refractivity contribution < 1.29 is 24.2 Å². The lowest BCUT2D eigenvalue weighted by Crippen LogP contribution is -2.45. The van der Waals surface area contributed by atoms with Crippen molar-refractivity contribution in [2.24, 2.45) is 0 Å². The molecule has 1 aromatic rings. The molecule has 0 saturated carbocycles. The van der Waals surface area contributed by atoms with Gasteiger partial charge in [-0.3, -0.25) is 9.59 Å². The van der Waals surface area contributed by atoms with E-state index < -0.39 is 0 Å². The second-order valence-electron chi connectivity index (χ2n) is 7.80. The number of nitrogens with zero attached hydrogens (tertiary/aromatic N) is 2. The first-order chi connectivity index (χ1) is 14.1. The van der Waals surface area contributed by atoms with E-state index in [0.29, 0.717) is 38.2 Å². The highest BCUT2D eigenvalue weighted by Gasteiger charge is 2.27. The predicted molar refractivity (Wildman–Crippen MR) is 109 cm³/mol. The topological polar surface area (TPSA) is 79.3 Å². The van der Waals surface area contributed by atoms with E-state index in [0.717, 1.165) is 37.9 Å². The Hall–Kier alpha value is -2.12. The highest BCUT2D eigenvalue weighted by Crippen LogP contribution is 2.23. The molecule has 0 unspecified atom stereocenters. The summed E-state index contributed by atoms with van der Waals surface area (Å²) in [5.74, 6) is 0.841.